The lowest BCUT2D eigenvalue weighted by molar-refractivity contribution is -0.922. The molecular weight excluding hydrogens is 358 g/mol. The number of benzene rings is 1. The quantitative estimate of drug-likeness (QED) is 0.751. The molecule has 1 N–H and O–H groups in total. The monoisotopic (exact) mass is 384 g/mol. The van der Waals surface area contributed by atoms with E-state index >= 15 is 0 Å². The summed E-state index contributed by atoms with van der Waals surface area (Å²) in [5, 5.41) is 1.04. The summed E-state index contributed by atoms with van der Waals surface area (Å²) < 4.78 is 11.7. The molecule has 0 spiro atoms. The molecule has 1 fully saturated rings. The van der Waals surface area contributed by atoms with Gasteiger partial charge in [0.1, 0.15) is 30.2 Å². The van der Waals surface area contributed by atoms with Crippen LogP contribution in [0.5, 0.6) is 11.6 Å². The average molecular weight is 385 g/mol. The molecule has 2 aromatic heterocycles. The first kappa shape index (κ1) is 18.3. The minimum Gasteiger partial charge on any atom is -0.438 e. The molecule has 1 aliphatic rings. The van der Waals surface area contributed by atoms with Gasteiger partial charge in [-0.25, -0.2) is 4.98 Å². The van der Waals surface area contributed by atoms with Crippen molar-refractivity contribution in [2.45, 2.75) is 34.2 Å². The van der Waals surface area contributed by atoms with Gasteiger partial charge in [-0.1, -0.05) is 6.07 Å². The van der Waals surface area contributed by atoms with Gasteiger partial charge in [-0.3, -0.25) is 0 Å². The molecule has 27 heavy (non-hydrogen) atoms. The Morgan fingerprint density at radius 1 is 1.07 bits per heavy atom. The third-order valence-electron chi connectivity index (χ3n) is 5.34. The minimum atomic E-state index is 0.674. The second-order valence-electron chi connectivity index (χ2n) is 7.30. The van der Waals surface area contributed by atoms with Crippen LogP contribution in [-0.2, 0) is 11.3 Å². The first-order chi connectivity index (χ1) is 13.0. The Balaban J connectivity index is 1.72. The predicted molar refractivity (Wildman–Crippen MR) is 108 cm³/mol. The Labute approximate surface area is 164 Å². The van der Waals surface area contributed by atoms with E-state index in [1.807, 2.05) is 6.07 Å². The summed E-state index contributed by atoms with van der Waals surface area (Å²) in [6.07, 6.45) is 0. The molecule has 1 aromatic carbocycles. The van der Waals surface area contributed by atoms with Crippen LogP contribution >= 0.6 is 11.3 Å². The lowest BCUT2D eigenvalue weighted by Gasteiger charge is -2.23. The fourth-order valence-electron chi connectivity index (χ4n) is 3.36. The average Bonchev–Trinajstić information content (AvgIpc) is 2.93. The van der Waals surface area contributed by atoms with Gasteiger partial charge in [0.15, 0.2) is 5.82 Å². The molecule has 0 amide bonds. The zero-order valence-electron chi connectivity index (χ0n) is 16.4. The first-order valence-electron chi connectivity index (χ1n) is 9.44. The molecule has 0 bridgehead atoms. The van der Waals surface area contributed by atoms with E-state index in [1.165, 1.54) is 26.5 Å². The zero-order chi connectivity index (χ0) is 19.0. The van der Waals surface area contributed by atoms with E-state index in [0.717, 1.165) is 54.6 Å². The number of rotatable bonds is 4. The smallest absolute Gasteiger partial charge is 0.231 e. The van der Waals surface area contributed by atoms with E-state index in [9.17, 15) is 0 Å². The molecule has 1 saturated heterocycles. The van der Waals surface area contributed by atoms with E-state index in [2.05, 4.69) is 39.8 Å². The molecule has 0 atom stereocenters. The zero-order valence-corrected chi connectivity index (χ0v) is 17.2. The van der Waals surface area contributed by atoms with Crippen LogP contribution in [0.2, 0.25) is 0 Å². The van der Waals surface area contributed by atoms with Gasteiger partial charge < -0.3 is 14.4 Å². The Bertz CT molecular complexity index is 977. The largest absolute Gasteiger partial charge is 0.438 e. The maximum absolute atomic E-state index is 6.27. The number of nitrogens with one attached hydrogen (secondary N) is 1. The molecule has 6 heteroatoms. The molecular formula is C21H26N3O2S+. The number of morpholine rings is 1. The highest BCUT2D eigenvalue weighted by molar-refractivity contribution is 7.18. The Morgan fingerprint density at radius 2 is 1.85 bits per heavy atom. The van der Waals surface area contributed by atoms with Crippen LogP contribution in [0.15, 0.2) is 18.2 Å². The number of aryl methyl sites for hydroxylation is 4. The van der Waals surface area contributed by atoms with Gasteiger partial charge in [0, 0.05) is 4.88 Å². The molecule has 1 aliphatic heterocycles. The van der Waals surface area contributed by atoms with Crippen molar-refractivity contribution in [2.75, 3.05) is 26.3 Å². The standard InChI is InChI=1S/C21H25N3O2S/c1-13-5-6-17(11-14(13)2)26-20-19-15(3)16(4)27-21(19)23-18(22-20)12-24-7-9-25-10-8-24/h5-6,11H,7-10,12H2,1-4H3/p+1. The molecule has 0 unspecified atom stereocenters. The summed E-state index contributed by atoms with van der Waals surface area (Å²) in [4.78, 5) is 13.4. The lowest BCUT2D eigenvalue weighted by Crippen LogP contribution is -3.12. The third-order valence-corrected chi connectivity index (χ3v) is 6.44. The molecule has 0 saturated carbocycles. The minimum absolute atomic E-state index is 0.674. The van der Waals surface area contributed by atoms with Gasteiger partial charge >= 0.3 is 0 Å². The normalized spacial score (nSPS) is 15.4. The Morgan fingerprint density at radius 3 is 2.59 bits per heavy atom. The van der Waals surface area contributed by atoms with E-state index in [0.29, 0.717) is 5.88 Å². The van der Waals surface area contributed by atoms with Crippen molar-refractivity contribution >= 4 is 21.6 Å². The van der Waals surface area contributed by atoms with Crippen LogP contribution in [0, 0.1) is 27.7 Å². The molecule has 0 aliphatic carbocycles. The molecule has 142 valence electrons. The number of fused-ring (bicyclic) bond motifs is 1. The van der Waals surface area contributed by atoms with Crippen LogP contribution in [-0.4, -0.2) is 36.3 Å². The summed E-state index contributed by atoms with van der Waals surface area (Å²) >= 11 is 1.72. The van der Waals surface area contributed by atoms with Gasteiger partial charge in [0.05, 0.1) is 18.6 Å². The van der Waals surface area contributed by atoms with E-state index in [-0.39, 0.29) is 0 Å². The highest BCUT2D eigenvalue weighted by Crippen LogP contribution is 2.36. The van der Waals surface area contributed by atoms with Crippen LogP contribution < -0.4 is 9.64 Å². The van der Waals surface area contributed by atoms with Crippen LogP contribution in [0.25, 0.3) is 10.2 Å². The second-order valence-corrected chi connectivity index (χ2v) is 8.50. The molecule has 4 rings (SSSR count). The predicted octanol–water partition coefficient (Wildman–Crippen LogP) is 3.13. The van der Waals surface area contributed by atoms with Gasteiger partial charge in [0.25, 0.3) is 0 Å². The van der Waals surface area contributed by atoms with Crippen molar-refractivity contribution in [2.24, 2.45) is 0 Å². The topological polar surface area (TPSA) is 48.7 Å². The van der Waals surface area contributed by atoms with Crippen molar-refractivity contribution < 1.29 is 14.4 Å². The summed E-state index contributed by atoms with van der Waals surface area (Å²) in [7, 11) is 0. The van der Waals surface area contributed by atoms with E-state index in [1.54, 1.807) is 11.3 Å². The fourth-order valence-corrected chi connectivity index (χ4v) is 4.40. The van der Waals surface area contributed by atoms with Crippen molar-refractivity contribution in [3.63, 3.8) is 0 Å². The highest BCUT2D eigenvalue weighted by atomic mass is 32.1. The van der Waals surface area contributed by atoms with Crippen molar-refractivity contribution in [3.05, 3.63) is 45.6 Å². The van der Waals surface area contributed by atoms with Crippen molar-refractivity contribution in [3.8, 4) is 11.6 Å². The van der Waals surface area contributed by atoms with E-state index < -0.39 is 0 Å². The number of hydrogen-bond donors (Lipinski definition) is 1. The first-order valence-corrected chi connectivity index (χ1v) is 10.3. The van der Waals surface area contributed by atoms with E-state index in [4.69, 9.17) is 19.4 Å². The molecule has 5 nitrogen and oxygen atoms in total. The molecule has 3 heterocycles. The number of nitrogens with zero attached hydrogens (tertiary/aromatic N) is 2. The van der Waals surface area contributed by atoms with Crippen molar-refractivity contribution in [1.82, 2.24) is 9.97 Å². The van der Waals surface area contributed by atoms with Gasteiger partial charge in [0.2, 0.25) is 5.88 Å². The highest BCUT2D eigenvalue weighted by Gasteiger charge is 2.20. The molecule has 3 aromatic rings. The van der Waals surface area contributed by atoms with Crippen LogP contribution in [0.1, 0.15) is 27.4 Å². The van der Waals surface area contributed by atoms with Crippen LogP contribution in [0.3, 0.4) is 0 Å². The maximum Gasteiger partial charge on any atom is 0.231 e. The maximum atomic E-state index is 6.27. The summed E-state index contributed by atoms with van der Waals surface area (Å²) in [6.45, 7) is 12.9. The van der Waals surface area contributed by atoms with Gasteiger partial charge in [-0.15, -0.1) is 11.3 Å². The number of aromatic nitrogens is 2. The second kappa shape index (κ2) is 7.54. The summed E-state index contributed by atoms with van der Waals surface area (Å²) in [5.41, 5.74) is 3.68. The number of ether oxygens (including phenoxy) is 2. The Hall–Kier alpha value is -2.02. The number of quaternary nitrogens is 1. The summed E-state index contributed by atoms with van der Waals surface area (Å²) in [5.74, 6) is 2.35. The number of thiophene rings is 1. The number of hydrogen-bond acceptors (Lipinski definition) is 5. The third kappa shape index (κ3) is 3.83. The van der Waals surface area contributed by atoms with Crippen LogP contribution in [0.4, 0.5) is 0 Å². The van der Waals surface area contributed by atoms with Gasteiger partial charge in [-0.2, -0.15) is 4.98 Å². The SMILES string of the molecule is Cc1ccc(Oc2nc(C[NH+]3CCOCC3)nc3sc(C)c(C)c23)cc1C. The summed E-state index contributed by atoms with van der Waals surface area (Å²) in [6, 6.07) is 6.18. The van der Waals surface area contributed by atoms with Crippen molar-refractivity contribution in [1.29, 1.82) is 0 Å². The molecule has 0 radical (unpaired) electrons. The van der Waals surface area contributed by atoms with Gasteiger partial charge in [-0.05, 0) is 56.5 Å². The lowest BCUT2D eigenvalue weighted by atomic mass is 10.1. The Kier molecular flexibility index (Phi) is 5.12. The fraction of sp³-hybridized carbons (Fsp3) is 0.429.